The van der Waals surface area contributed by atoms with Crippen LogP contribution >= 0.6 is 0 Å². The highest BCUT2D eigenvalue weighted by Crippen LogP contribution is 2.27. The maximum Gasteiger partial charge on any atom is 0.242 e. The molecule has 1 aromatic heterocycles. The minimum atomic E-state index is -3.42. The van der Waals surface area contributed by atoms with Crippen molar-refractivity contribution in [1.82, 2.24) is 9.71 Å². The maximum atomic E-state index is 12.2. The highest BCUT2D eigenvalue weighted by molar-refractivity contribution is 7.89. The second-order valence-corrected chi connectivity index (χ2v) is 6.58. The standard InChI is InChI=1S/C13H20N2O2S/c1-2-11-6-3-4-8-13(11)15-18(16,17)12-7-5-9-14-10-12/h5,7,9-11,13,15H,2-4,6,8H2,1H3/t11-,13+/m0/s1. The van der Waals surface area contributed by atoms with Gasteiger partial charge in [0.2, 0.25) is 10.0 Å². The van der Waals surface area contributed by atoms with Crippen LogP contribution in [0.5, 0.6) is 0 Å². The van der Waals surface area contributed by atoms with Crippen molar-refractivity contribution < 1.29 is 8.42 Å². The number of pyridine rings is 1. The van der Waals surface area contributed by atoms with E-state index in [0.29, 0.717) is 5.92 Å². The van der Waals surface area contributed by atoms with Gasteiger partial charge < -0.3 is 0 Å². The van der Waals surface area contributed by atoms with Crippen LogP contribution in [0.4, 0.5) is 0 Å². The zero-order valence-electron chi connectivity index (χ0n) is 10.7. The Kier molecular flexibility index (Phi) is 4.35. The first kappa shape index (κ1) is 13.5. The lowest BCUT2D eigenvalue weighted by atomic mass is 9.83. The van der Waals surface area contributed by atoms with E-state index in [1.807, 2.05) is 0 Å². The van der Waals surface area contributed by atoms with Crippen LogP contribution in [0.25, 0.3) is 0 Å². The van der Waals surface area contributed by atoms with Crippen molar-refractivity contribution in [3.8, 4) is 0 Å². The Bertz CT molecular complexity index is 473. The van der Waals surface area contributed by atoms with Gasteiger partial charge in [0.05, 0.1) is 0 Å². The molecular weight excluding hydrogens is 248 g/mol. The second-order valence-electron chi connectivity index (χ2n) is 4.87. The molecule has 0 unspecified atom stereocenters. The molecule has 1 heterocycles. The van der Waals surface area contributed by atoms with Crippen molar-refractivity contribution in [3.63, 3.8) is 0 Å². The van der Waals surface area contributed by atoms with Crippen molar-refractivity contribution >= 4 is 10.0 Å². The predicted octanol–water partition coefficient (Wildman–Crippen LogP) is 2.33. The van der Waals surface area contributed by atoms with Crippen LogP contribution in [0.15, 0.2) is 29.4 Å². The van der Waals surface area contributed by atoms with E-state index in [4.69, 9.17) is 0 Å². The van der Waals surface area contributed by atoms with Crippen molar-refractivity contribution in [2.75, 3.05) is 0 Å². The number of hydrogen-bond acceptors (Lipinski definition) is 3. The molecule has 0 bridgehead atoms. The molecule has 0 radical (unpaired) electrons. The van der Waals surface area contributed by atoms with Gasteiger partial charge >= 0.3 is 0 Å². The van der Waals surface area contributed by atoms with Gasteiger partial charge in [0.1, 0.15) is 4.90 Å². The van der Waals surface area contributed by atoms with E-state index in [-0.39, 0.29) is 10.9 Å². The summed E-state index contributed by atoms with van der Waals surface area (Å²) >= 11 is 0. The summed E-state index contributed by atoms with van der Waals surface area (Å²) in [6.07, 6.45) is 8.38. The Balaban J connectivity index is 2.12. The first-order chi connectivity index (χ1) is 8.63. The molecule has 2 rings (SSSR count). The van der Waals surface area contributed by atoms with Crippen molar-refractivity contribution in [2.24, 2.45) is 5.92 Å². The maximum absolute atomic E-state index is 12.2. The number of nitrogens with zero attached hydrogens (tertiary/aromatic N) is 1. The zero-order valence-corrected chi connectivity index (χ0v) is 11.5. The monoisotopic (exact) mass is 268 g/mol. The molecule has 1 aliphatic rings. The molecule has 0 amide bonds. The Hall–Kier alpha value is -0.940. The molecule has 0 aliphatic heterocycles. The van der Waals surface area contributed by atoms with E-state index >= 15 is 0 Å². The minimum absolute atomic E-state index is 0.0777. The highest BCUT2D eigenvalue weighted by atomic mass is 32.2. The molecule has 1 N–H and O–H groups in total. The van der Waals surface area contributed by atoms with E-state index in [9.17, 15) is 8.42 Å². The molecular formula is C13H20N2O2S. The molecule has 2 atom stereocenters. The van der Waals surface area contributed by atoms with Crippen LogP contribution in [-0.2, 0) is 10.0 Å². The van der Waals surface area contributed by atoms with E-state index in [1.165, 1.54) is 12.6 Å². The molecule has 18 heavy (non-hydrogen) atoms. The third-order valence-corrected chi connectivity index (χ3v) is 5.16. The number of sulfonamides is 1. The minimum Gasteiger partial charge on any atom is -0.263 e. The fourth-order valence-corrected chi connectivity index (χ4v) is 3.93. The quantitative estimate of drug-likeness (QED) is 0.911. The number of rotatable bonds is 4. The van der Waals surface area contributed by atoms with Gasteiger partial charge in [0.15, 0.2) is 0 Å². The van der Waals surface area contributed by atoms with Gasteiger partial charge in [-0.05, 0) is 30.9 Å². The molecule has 1 aliphatic carbocycles. The summed E-state index contributed by atoms with van der Waals surface area (Å²) in [5.41, 5.74) is 0. The number of aromatic nitrogens is 1. The third-order valence-electron chi connectivity index (χ3n) is 3.68. The Labute approximate surface area is 109 Å². The van der Waals surface area contributed by atoms with Crippen LogP contribution < -0.4 is 4.72 Å². The summed E-state index contributed by atoms with van der Waals surface area (Å²) in [6, 6.07) is 3.31. The van der Waals surface area contributed by atoms with Gasteiger partial charge in [-0.15, -0.1) is 0 Å². The van der Waals surface area contributed by atoms with Gasteiger partial charge in [-0.1, -0.05) is 26.2 Å². The SMILES string of the molecule is CC[C@H]1CCCC[C@H]1NS(=O)(=O)c1cccnc1. The summed E-state index contributed by atoms with van der Waals surface area (Å²) in [4.78, 5) is 4.12. The van der Waals surface area contributed by atoms with Gasteiger partial charge in [-0.2, -0.15) is 0 Å². The Morgan fingerprint density at radius 2 is 2.17 bits per heavy atom. The van der Waals surface area contributed by atoms with Crippen molar-refractivity contribution in [2.45, 2.75) is 50.0 Å². The lowest BCUT2D eigenvalue weighted by molar-refractivity contribution is 0.282. The number of nitrogens with one attached hydrogen (secondary N) is 1. The summed E-state index contributed by atoms with van der Waals surface area (Å²) in [5, 5.41) is 0. The molecule has 0 saturated heterocycles. The molecule has 0 spiro atoms. The summed E-state index contributed by atoms with van der Waals surface area (Å²) in [6.45, 7) is 2.13. The summed E-state index contributed by atoms with van der Waals surface area (Å²) < 4.78 is 27.3. The van der Waals surface area contributed by atoms with E-state index in [0.717, 1.165) is 25.7 Å². The average Bonchev–Trinajstić information content (AvgIpc) is 2.40. The van der Waals surface area contributed by atoms with Gasteiger partial charge in [-0.3, -0.25) is 4.98 Å². The summed E-state index contributed by atoms with van der Waals surface area (Å²) in [7, 11) is -3.42. The van der Waals surface area contributed by atoms with E-state index in [2.05, 4.69) is 16.6 Å². The normalized spacial score (nSPS) is 24.9. The fraction of sp³-hybridized carbons (Fsp3) is 0.615. The number of hydrogen-bond donors (Lipinski definition) is 1. The molecule has 1 fully saturated rings. The highest BCUT2D eigenvalue weighted by Gasteiger charge is 2.28. The first-order valence-electron chi connectivity index (χ1n) is 6.56. The molecule has 100 valence electrons. The van der Waals surface area contributed by atoms with Crippen LogP contribution in [0.2, 0.25) is 0 Å². The van der Waals surface area contributed by atoms with Crippen LogP contribution in [0.3, 0.4) is 0 Å². The van der Waals surface area contributed by atoms with Crippen molar-refractivity contribution in [3.05, 3.63) is 24.5 Å². The topological polar surface area (TPSA) is 59.1 Å². The van der Waals surface area contributed by atoms with Crippen LogP contribution in [0, 0.1) is 5.92 Å². The lowest BCUT2D eigenvalue weighted by Gasteiger charge is -2.31. The summed E-state index contributed by atoms with van der Waals surface area (Å²) in [5.74, 6) is 0.463. The van der Waals surface area contributed by atoms with Gasteiger partial charge in [0.25, 0.3) is 0 Å². The lowest BCUT2D eigenvalue weighted by Crippen LogP contribution is -2.41. The smallest absolute Gasteiger partial charge is 0.242 e. The molecule has 4 nitrogen and oxygen atoms in total. The average molecular weight is 268 g/mol. The largest absolute Gasteiger partial charge is 0.263 e. The second kappa shape index (κ2) is 5.80. The van der Waals surface area contributed by atoms with E-state index in [1.54, 1.807) is 18.3 Å². The first-order valence-corrected chi connectivity index (χ1v) is 8.04. The molecule has 1 saturated carbocycles. The molecule has 5 heteroatoms. The van der Waals surface area contributed by atoms with Crippen molar-refractivity contribution in [1.29, 1.82) is 0 Å². The molecule has 0 aromatic carbocycles. The van der Waals surface area contributed by atoms with Crippen LogP contribution in [0.1, 0.15) is 39.0 Å². The fourth-order valence-electron chi connectivity index (χ4n) is 2.62. The third kappa shape index (κ3) is 3.09. The molecule has 1 aromatic rings. The zero-order chi connectivity index (χ0) is 13.0. The Morgan fingerprint density at radius 1 is 1.39 bits per heavy atom. The van der Waals surface area contributed by atoms with Gasteiger partial charge in [-0.25, -0.2) is 13.1 Å². The Morgan fingerprint density at radius 3 is 2.83 bits per heavy atom. The van der Waals surface area contributed by atoms with Gasteiger partial charge in [0, 0.05) is 18.4 Å². The predicted molar refractivity (Wildman–Crippen MR) is 70.6 cm³/mol. The van der Waals surface area contributed by atoms with E-state index < -0.39 is 10.0 Å². The van der Waals surface area contributed by atoms with Crippen LogP contribution in [-0.4, -0.2) is 19.4 Å².